The third kappa shape index (κ3) is 7.55. The predicted molar refractivity (Wildman–Crippen MR) is 81.2 cm³/mol. The first kappa shape index (κ1) is 17.3. The quantitative estimate of drug-likeness (QED) is 0.838. The van der Waals surface area contributed by atoms with Crippen LogP contribution in [0.2, 0.25) is 0 Å². The van der Waals surface area contributed by atoms with Crippen LogP contribution in [-0.4, -0.2) is 39.5 Å². The van der Waals surface area contributed by atoms with E-state index in [1.807, 2.05) is 12.1 Å². The third-order valence-electron chi connectivity index (χ3n) is 2.29. The van der Waals surface area contributed by atoms with Gasteiger partial charge in [-0.05, 0) is 38.5 Å². The lowest BCUT2D eigenvalue weighted by Crippen LogP contribution is -2.44. The zero-order valence-electron chi connectivity index (χ0n) is 12.3. The Morgan fingerprint density at radius 2 is 2.00 bits per heavy atom. The molecule has 1 aromatic heterocycles. The molecule has 0 aromatic carbocycles. The second-order valence-corrected chi connectivity index (χ2v) is 6.44. The highest BCUT2D eigenvalue weighted by Gasteiger charge is 2.23. The minimum Gasteiger partial charge on any atom is -0.480 e. The average molecular weight is 312 g/mol. The second-order valence-electron chi connectivity index (χ2n) is 5.41. The van der Waals surface area contributed by atoms with Crippen molar-refractivity contribution in [2.45, 2.75) is 38.2 Å². The Labute approximate surface area is 128 Å². The van der Waals surface area contributed by atoms with Crippen LogP contribution in [-0.2, 0) is 15.3 Å². The molecule has 0 fully saturated rings. The van der Waals surface area contributed by atoms with E-state index in [9.17, 15) is 9.59 Å². The number of hydrogen-bond acceptors (Lipinski definition) is 5. The van der Waals surface area contributed by atoms with E-state index >= 15 is 0 Å². The van der Waals surface area contributed by atoms with Crippen LogP contribution in [0.4, 0.5) is 4.79 Å². The summed E-state index contributed by atoms with van der Waals surface area (Å²) in [5.41, 5.74) is 0.397. The summed E-state index contributed by atoms with van der Waals surface area (Å²) in [6.45, 7) is 5.17. The van der Waals surface area contributed by atoms with Crippen LogP contribution >= 0.6 is 11.8 Å². The van der Waals surface area contributed by atoms with Gasteiger partial charge in [0, 0.05) is 23.9 Å². The third-order valence-corrected chi connectivity index (χ3v) is 3.40. The van der Waals surface area contributed by atoms with E-state index < -0.39 is 23.7 Å². The molecule has 0 saturated heterocycles. The van der Waals surface area contributed by atoms with Crippen LogP contribution in [0.25, 0.3) is 0 Å². The number of amides is 1. The van der Waals surface area contributed by atoms with Crippen molar-refractivity contribution in [3.8, 4) is 0 Å². The Hall–Kier alpha value is -1.76. The second kappa shape index (κ2) is 7.87. The number of carboxylic acids is 1. The van der Waals surface area contributed by atoms with E-state index in [1.165, 1.54) is 11.8 Å². The number of hydrogen-bond donors (Lipinski definition) is 2. The van der Waals surface area contributed by atoms with E-state index in [0.29, 0.717) is 5.75 Å². The van der Waals surface area contributed by atoms with Crippen molar-refractivity contribution in [2.75, 3.05) is 5.75 Å². The highest BCUT2D eigenvalue weighted by atomic mass is 32.2. The lowest BCUT2D eigenvalue weighted by atomic mass is 10.2. The number of carboxylic acid groups (broad SMARTS) is 1. The molecule has 2 N–H and O–H groups in total. The van der Waals surface area contributed by atoms with Gasteiger partial charge in [0.2, 0.25) is 0 Å². The summed E-state index contributed by atoms with van der Waals surface area (Å²) in [5.74, 6) is -0.165. The highest BCUT2D eigenvalue weighted by molar-refractivity contribution is 7.98. The first-order valence-electron chi connectivity index (χ1n) is 6.47. The Morgan fingerprint density at radius 1 is 1.38 bits per heavy atom. The molecule has 0 aliphatic rings. The van der Waals surface area contributed by atoms with Crippen LogP contribution in [0.5, 0.6) is 0 Å². The molecule has 1 amide bonds. The Morgan fingerprint density at radius 3 is 2.52 bits per heavy atom. The standard InChI is InChI=1S/C14H20N2O4S/c1-14(2,3)20-13(19)16-11(12(17)18)9-21-8-10-4-6-15-7-5-10/h4-7,11H,8-9H2,1-3H3,(H,16,19)(H,17,18). The van der Waals surface area contributed by atoms with Gasteiger partial charge in [0.05, 0.1) is 0 Å². The van der Waals surface area contributed by atoms with Gasteiger partial charge in [0.15, 0.2) is 0 Å². The normalized spacial score (nSPS) is 12.5. The number of rotatable bonds is 6. The molecule has 0 aliphatic carbocycles. The molecule has 1 atom stereocenters. The first-order valence-corrected chi connectivity index (χ1v) is 7.62. The van der Waals surface area contributed by atoms with Gasteiger partial charge < -0.3 is 15.2 Å². The lowest BCUT2D eigenvalue weighted by molar-refractivity contribution is -0.138. The van der Waals surface area contributed by atoms with Gasteiger partial charge >= 0.3 is 12.1 Å². The summed E-state index contributed by atoms with van der Waals surface area (Å²) in [5, 5.41) is 11.5. The Bertz CT molecular complexity index is 474. The molecule has 0 radical (unpaired) electrons. The van der Waals surface area contributed by atoms with Gasteiger partial charge in [-0.2, -0.15) is 11.8 Å². The van der Waals surface area contributed by atoms with Crippen molar-refractivity contribution in [1.82, 2.24) is 10.3 Å². The van der Waals surface area contributed by atoms with Gasteiger partial charge in [-0.1, -0.05) is 0 Å². The number of carbonyl (C=O) groups is 2. The Balaban J connectivity index is 2.43. The van der Waals surface area contributed by atoms with E-state index in [0.717, 1.165) is 5.56 Å². The molecule has 1 aromatic rings. The SMILES string of the molecule is CC(C)(C)OC(=O)NC(CSCc1ccncc1)C(=O)O. The van der Waals surface area contributed by atoms with Crippen molar-refractivity contribution < 1.29 is 19.4 Å². The van der Waals surface area contributed by atoms with Crippen LogP contribution in [0.15, 0.2) is 24.5 Å². The highest BCUT2D eigenvalue weighted by Crippen LogP contribution is 2.13. The van der Waals surface area contributed by atoms with Crippen LogP contribution < -0.4 is 5.32 Å². The van der Waals surface area contributed by atoms with Gasteiger partial charge in [0.1, 0.15) is 11.6 Å². The number of ether oxygens (including phenoxy) is 1. The monoisotopic (exact) mass is 312 g/mol. The minimum absolute atomic E-state index is 0.261. The van der Waals surface area contributed by atoms with Gasteiger partial charge in [-0.3, -0.25) is 4.98 Å². The number of alkyl carbamates (subject to hydrolysis) is 1. The molecule has 6 nitrogen and oxygen atoms in total. The molecule has 1 heterocycles. The molecule has 1 unspecified atom stereocenters. The fourth-order valence-corrected chi connectivity index (χ4v) is 2.41. The number of aromatic nitrogens is 1. The molecule has 116 valence electrons. The molecule has 7 heteroatoms. The molecule has 0 saturated carbocycles. The first-order chi connectivity index (χ1) is 9.78. The number of nitrogens with zero attached hydrogens (tertiary/aromatic N) is 1. The maximum Gasteiger partial charge on any atom is 0.408 e. The minimum atomic E-state index is -1.08. The molecule has 0 spiro atoms. The van der Waals surface area contributed by atoms with Crippen molar-refractivity contribution in [1.29, 1.82) is 0 Å². The van der Waals surface area contributed by atoms with E-state index in [-0.39, 0.29) is 5.75 Å². The summed E-state index contributed by atoms with van der Waals surface area (Å²) in [7, 11) is 0. The Kier molecular flexibility index (Phi) is 6.48. The smallest absolute Gasteiger partial charge is 0.408 e. The van der Waals surface area contributed by atoms with Gasteiger partial charge in [-0.15, -0.1) is 0 Å². The van der Waals surface area contributed by atoms with Crippen molar-refractivity contribution >= 4 is 23.8 Å². The summed E-state index contributed by atoms with van der Waals surface area (Å²) >= 11 is 1.42. The zero-order valence-corrected chi connectivity index (χ0v) is 13.1. The molecular formula is C14H20N2O4S. The molecule has 0 bridgehead atoms. The van der Waals surface area contributed by atoms with Gasteiger partial charge in [-0.25, -0.2) is 9.59 Å². The number of carbonyl (C=O) groups excluding carboxylic acids is 1. The number of nitrogens with one attached hydrogen (secondary N) is 1. The van der Waals surface area contributed by atoms with Gasteiger partial charge in [0.25, 0.3) is 0 Å². The molecule has 21 heavy (non-hydrogen) atoms. The molecule has 1 rings (SSSR count). The van der Waals surface area contributed by atoms with E-state index in [2.05, 4.69) is 10.3 Å². The van der Waals surface area contributed by atoms with Crippen LogP contribution in [0.3, 0.4) is 0 Å². The largest absolute Gasteiger partial charge is 0.480 e. The number of pyridine rings is 1. The fourth-order valence-electron chi connectivity index (χ4n) is 1.40. The van der Waals surface area contributed by atoms with Crippen LogP contribution in [0, 0.1) is 0 Å². The van der Waals surface area contributed by atoms with Crippen molar-refractivity contribution in [3.05, 3.63) is 30.1 Å². The fraction of sp³-hybridized carbons (Fsp3) is 0.500. The summed E-state index contributed by atoms with van der Waals surface area (Å²) in [6.07, 6.45) is 2.65. The van der Waals surface area contributed by atoms with Crippen molar-refractivity contribution in [3.63, 3.8) is 0 Å². The van der Waals surface area contributed by atoms with Crippen LogP contribution in [0.1, 0.15) is 26.3 Å². The summed E-state index contributed by atoms with van der Waals surface area (Å²) < 4.78 is 5.05. The maximum atomic E-state index is 11.6. The van der Waals surface area contributed by atoms with Crippen molar-refractivity contribution in [2.24, 2.45) is 0 Å². The summed E-state index contributed by atoms with van der Waals surface area (Å²) in [6, 6.07) is 2.75. The molecular weight excluding hydrogens is 292 g/mol. The zero-order chi connectivity index (χ0) is 15.9. The molecule has 0 aliphatic heterocycles. The lowest BCUT2D eigenvalue weighted by Gasteiger charge is -2.21. The maximum absolute atomic E-state index is 11.6. The summed E-state index contributed by atoms with van der Waals surface area (Å²) in [4.78, 5) is 26.7. The number of aliphatic carboxylic acids is 1. The average Bonchev–Trinajstić information content (AvgIpc) is 2.36. The topological polar surface area (TPSA) is 88.5 Å². The number of thioether (sulfide) groups is 1. The van der Waals surface area contributed by atoms with E-state index in [4.69, 9.17) is 9.84 Å². The van der Waals surface area contributed by atoms with E-state index in [1.54, 1.807) is 33.2 Å². The predicted octanol–water partition coefficient (Wildman–Crippen LogP) is 2.29.